The fourth-order valence-corrected chi connectivity index (χ4v) is 7.23. The Labute approximate surface area is 239 Å². The van der Waals surface area contributed by atoms with Gasteiger partial charge < -0.3 is 20.8 Å². The van der Waals surface area contributed by atoms with Crippen LogP contribution >= 0.6 is 0 Å². The summed E-state index contributed by atoms with van der Waals surface area (Å²) in [6.07, 6.45) is 3.69. The zero-order valence-corrected chi connectivity index (χ0v) is 23.1. The molecule has 3 aliphatic rings. The first-order valence-electron chi connectivity index (χ1n) is 14.8. The summed E-state index contributed by atoms with van der Waals surface area (Å²) in [6, 6.07) is 28.5. The van der Waals surface area contributed by atoms with E-state index in [1.165, 1.54) is 0 Å². The van der Waals surface area contributed by atoms with Crippen molar-refractivity contribution in [3.63, 3.8) is 0 Å². The van der Waals surface area contributed by atoms with Crippen molar-refractivity contribution in [2.75, 3.05) is 13.1 Å². The van der Waals surface area contributed by atoms with E-state index in [1.807, 2.05) is 48.5 Å². The van der Waals surface area contributed by atoms with Crippen molar-refractivity contribution >= 4 is 33.4 Å². The summed E-state index contributed by atoms with van der Waals surface area (Å²) in [5.41, 5.74) is -1.03. The molecule has 210 valence electrons. The van der Waals surface area contributed by atoms with Gasteiger partial charge >= 0.3 is 0 Å². The monoisotopic (exact) mass is 548 g/mol. The fourth-order valence-electron chi connectivity index (χ4n) is 7.23. The third kappa shape index (κ3) is 4.50. The largest absolute Gasteiger partial charge is 0.387 e. The zero-order chi connectivity index (χ0) is 28.2. The Bertz CT molecular complexity index is 1530. The van der Waals surface area contributed by atoms with E-state index in [2.05, 4.69) is 47.0 Å². The van der Waals surface area contributed by atoms with Crippen molar-refractivity contribution in [3.05, 3.63) is 96.1 Å². The van der Waals surface area contributed by atoms with Crippen molar-refractivity contribution in [3.8, 4) is 0 Å². The number of benzene rings is 4. The highest BCUT2D eigenvalue weighted by atomic mass is 16.3. The third-order valence-electron chi connectivity index (χ3n) is 9.93. The molecule has 3 fully saturated rings. The molecule has 7 rings (SSSR count). The normalized spacial score (nSPS) is 28.0. The molecular formula is C35H36N2O4. The molecule has 6 heteroatoms. The Morgan fingerprint density at radius 1 is 0.634 bits per heavy atom. The van der Waals surface area contributed by atoms with E-state index >= 15 is 0 Å². The highest BCUT2D eigenvalue weighted by Gasteiger charge is 2.57. The van der Waals surface area contributed by atoms with Crippen molar-refractivity contribution in [1.29, 1.82) is 0 Å². The predicted molar refractivity (Wildman–Crippen MR) is 159 cm³/mol. The first kappa shape index (κ1) is 26.2. The van der Waals surface area contributed by atoms with E-state index in [0.717, 1.165) is 45.5 Å². The number of aliphatic hydroxyl groups is 2. The van der Waals surface area contributed by atoms with Gasteiger partial charge in [0.2, 0.25) is 11.8 Å². The average Bonchev–Trinajstić information content (AvgIpc) is 3.79. The average molecular weight is 549 g/mol. The van der Waals surface area contributed by atoms with Gasteiger partial charge in [-0.25, -0.2) is 0 Å². The van der Waals surface area contributed by atoms with Crippen molar-refractivity contribution in [1.82, 2.24) is 10.6 Å². The minimum absolute atomic E-state index is 0.0580. The van der Waals surface area contributed by atoms with Crippen LogP contribution in [0.15, 0.2) is 84.9 Å². The second kappa shape index (κ2) is 9.68. The molecule has 4 atom stereocenters. The Morgan fingerprint density at radius 3 is 1.51 bits per heavy atom. The summed E-state index contributed by atoms with van der Waals surface area (Å²) in [5, 5.41) is 33.0. The summed E-state index contributed by atoms with van der Waals surface area (Å²) in [6.45, 7) is 0.226. The lowest BCUT2D eigenvalue weighted by Gasteiger charge is -2.28. The van der Waals surface area contributed by atoms with Gasteiger partial charge in [0, 0.05) is 24.9 Å². The zero-order valence-electron chi connectivity index (χ0n) is 23.1. The van der Waals surface area contributed by atoms with Gasteiger partial charge in [-0.3, -0.25) is 9.59 Å². The van der Waals surface area contributed by atoms with Gasteiger partial charge in [-0.15, -0.1) is 0 Å². The van der Waals surface area contributed by atoms with Crippen LogP contribution in [0, 0.1) is 5.41 Å². The molecule has 0 heterocycles. The number of rotatable bonds is 8. The second-order valence-electron chi connectivity index (χ2n) is 12.5. The van der Waals surface area contributed by atoms with E-state index in [4.69, 9.17) is 0 Å². The standard InChI is InChI=1S/C35H36N2O4/c38-31(36-21-34(40)19-29(34)27-15-7-11-23-9-1-3-13-25(23)27)33(17-5-6-18-33)32(39)37-22-35(41)20-30(35)28-16-8-12-24-10-2-4-14-26(24)28/h1-4,7-16,29-30,40-41H,5-6,17-22H2,(H,36,38)(H,37,39)/t29?,30?,34-,35-/m1/s1. The molecule has 2 amide bonds. The topological polar surface area (TPSA) is 98.7 Å². The second-order valence-corrected chi connectivity index (χ2v) is 12.5. The Morgan fingerprint density at radius 2 is 1.05 bits per heavy atom. The number of nitrogens with one attached hydrogen (secondary N) is 2. The minimum atomic E-state index is -1.17. The first-order valence-corrected chi connectivity index (χ1v) is 14.8. The number of fused-ring (bicyclic) bond motifs is 2. The molecule has 41 heavy (non-hydrogen) atoms. The number of carbonyl (C=O) groups excluding carboxylic acids is 2. The van der Waals surface area contributed by atoms with Gasteiger partial charge in [0.05, 0.1) is 11.2 Å². The molecule has 3 saturated carbocycles. The van der Waals surface area contributed by atoms with Crippen LogP contribution < -0.4 is 10.6 Å². The van der Waals surface area contributed by atoms with E-state index < -0.39 is 16.6 Å². The van der Waals surface area contributed by atoms with Gasteiger partial charge in [-0.2, -0.15) is 0 Å². The highest BCUT2D eigenvalue weighted by molar-refractivity contribution is 6.05. The van der Waals surface area contributed by atoms with Crippen molar-refractivity contribution in [2.45, 2.75) is 61.6 Å². The lowest BCUT2D eigenvalue weighted by atomic mass is 9.83. The minimum Gasteiger partial charge on any atom is -0.387 e. The molecule has 4 N–H and O–H groups in total. The van der Waals surface area contributed by atoms with Crippen LogP contribution in [0.1, 0.15) is 61.5 Å². The number of carbonyl (C=O) groups is 2. The maximum atomic E-state index is 13.6. The Hall–Kier alpha value is -3.74. The molecule has 4 aromatic rings. The van der Waals surface area contributed by atoms with Crippen LogP contribution in [-0.2, 0) is 9.59 Å². The number of amides is 2. The Kier molecular flexibility index (Phi) is 6.18. The SMILES string of the molecule is O=C(NC[C@]1(O)CC1c1cccc2ccccc12)C1(C(=O)NC[C@]2(O)CC2c2cccc3ccccc23)CCCC1. The molecule has 0 spiro atoms. The van der Waals surface area contributed by atoms with Crippen LogP contribution in [0.25, 0.3) is 21.5 Å². The van der Waals surface area contributed by atoms with E-state index in [1.54, 1.807) is 0 Å². The maximum absolute atomic E-state index is 13.6. The van der Waals surface area contributed by atoms with Gasteiger partial charge in [0.1, 0.15) is 5.41 Å². The molecule has 0 saturated heterocycles. The molecule has 4 aromatic carbocycles. The molecular weight excluding hydrogens is 512 g/mol. The van der Waals surface area contributed by atoms with E-state index in [0.29, 0.717) is 25.7 Å². The molecule has 0 bridgehead atoms. The van der Waals surface area contributed by atoms with E-state index in [-0.39, 0.29) is 36.7 Å². The number of hydrogen-bond acceptors (Lipinski definition) is 4. The molecule has 0 radical (unpaired) electrons. The van der Waals surface area contributed by atoms with Gasteiger partial charge in [-0.1, -0.05) is 97.8 Å². The molecule has 0 aliphatic heterocycles. The highest BCUT2D eigenvalue weighted by Crippen LogP contribution is 2.54. The number of hydrogen-bond donors (Lipinski definition) is 4. The maximum Gasteiger partial charge on any atom is 0.235 e. The summed E-state index contributed by atoms with van der Waals surface area (Å²) >= 11 is 0. The lowest BCUT2D eigenvalue weighted by molar-refractivity contribution is -0.144. The van der Waals surface area contributed by atoms with Gasteiger partial charge in [-0.05, 0) is 58.4 Å². The van der Waals surface area contributed by atoms with Crippen LogP contribution in [0.5, 0.6) is 0 Å². The molecule has 0 aromatic heterocycles. The first-order chi connectivity index (χ1) is 19.8. The van der Waals surface area contributed by atoms with Crippen LogP contribution in [0.4, 0.5) is 0 Å². The summed E-state index contributed by atoms with van der Waals surface area (Å²) in [7, 11) is 0. The summed E-state index contributed by atoms with van der Waals surface area (Å²) in [5.74, 6) is -0.759. The Balaban J connectivity index is 1.00. The summed E-state index contributed by atoms with van der Waals surface area (Å²) in [4.78, 5) is 27.1. The molecule has 6 nitrogen and oxygen atoms in total. The lowest BCUT2D eigenvalue weighted by Crippen LogP contribution is -2.53. The fraction of sp³-hybridized carbons (Fsp3) is 0.371. The van der Waals surface area contributed by atoms with Gasteiger partial charge in [0.25, 0.3) is 0 Å². The van der Waals surface area contributed by atoms with Crippen LogP contribution in [-0.4, -0.2) is 46.3 Å². The molecule has 3 aliphatic carbocycles. The smallest absolute Gasteiger partial charge is 0.235 e. The van der Waals surface area contributed by atoms with Crippen molar-refractivity contribution < 1.29 is 19.8 Å². The summed E-state index contributed by atoms with van der Waals surface area (Å²) < 4.78 is 0. The third-order valence-corrected chi connectivity index (χ3v) is 9.93. The van der Waals surface area contributed by atoms with E-state index in [9.17, 15) is 19.8 Å². The quantitative estimate of drug-likeness (QED) is 0.235. The van der Waals surface area contributed by atoms with Crippen LogP contribution in [0.3, 0.4) is 0 Å². The molecule has 2 unspecified atom stereocenters. The van der Waals surface area contributed by atoms with Gasteiger partial charge in [0.15, 0.2) is 0 Å². The predicted octanol–water partition coefficient (Wildman–Crippen LogP) is 4.92. The van der Waals surface area contributed by atoms with Crippen LogP contribution in [0.2, 0.25) is 0 Å². The van der Waals surface area contributed by atoms with Crippen molar-refractivity contribution in [2.24, 2.45) is 5.41 Å².